The molecule has 1 saturated heterocycles. The van der Waals surface area contributed by atoms with Gasteiger partial charge in [0.1, 0.15) is 5.75 Å². The highest BCUT2D eigenvalue weighted by Crippen LogP contribution is 2.44. The number of ether oxygens (including phenoxy) is 1. The summed E-state index contributed by atoms with van der Waals surface area (Å²) >= 11 is 0. The number of fused-ring (bicyclic) bond motifs is 1. The Morgan fingerprint density at radius 3 is 3.05 bits per heavy atom. The van der Waals surface area contributed by atoms with Crippen LogP contribution in [0.1, 0.15) is 38.2 Å². The summed E-state index contributed by atoms with van der Waals surface area (Å²) in [6.45, 7) is 5.13. The summed E-state index contributed by atoms with van der Waals surface area (Å²) < 4.78 is 5.24. The monoisotopic (exact) mass is 290 g/mol. The fraction of sp³-hybridized carbons (Fsp3) is 0.706. The lowest BCUT2D eigenvalue weighted by Crippen LogP contribution is -2.44. The van der Waals surface area contributed by atoms with Crippen LogP contribution in [-0.4, -0.2) is 40.8 Å². The fourth-order valence-corrected chi connectivity index (χ4v) is 4.21. The van der Waals surface area contributed by atoms with Crippen LogP contribution < -0.4 is 4.74 Å². The van der Waals surface area contributed by atoms with Crippen molar-refractivity contribution in [3.8, 4) is 5.75 Å². The van der Waals surface area contributed by atoms with E-state index in [1.165, 1.54) is 18.4 Å². The van der Waals surface area contributed by atoms with E-state index in [0.717, 1.165) is 38.2 Å². The van der Waals surface area contributed by atoms with Gasteiger partial charge in [-0.2, -0.15) is 0 Å². The SMILES string of the molecule is CC[C@]1(O)CCC[C@H]2CN(Cc3cncc(OC)c3)C[C@H]21. The lowest BCUT2D eigenvalue weighted by molar-refractivity contribution is -0.0613. The summed E-state index contributed by atoms with van der Waals surface area (Å²) in [6.07, 6.45) is 7.93. The zero-order valence-electron chi connectivity index (χ0n) is 13.1. The van der Waals surface area contributed by atoms with Crippen LogP contribution in [0.3, 0.4) is 0 Å². The quantitative estimate of drug-likeness (QED) is 0.925. The Bertz CT molecular complexity index is 493. The van der Waals surface area contributed by atoms with Crippen molar-refractivity contribution < 1.29 is 9.84 Å². The average Bonchev–Trinajstić information content (AvgIpc) is 2.92. The number of nitrogens with zero attached hydrogens (tertiary/aromatic N) is 2. The molecule has 0 radical (unpaired) electrons. The van der Waals surface area contributed by atoms with Gasteiger partial charge in [-0.1, -0.05) is 13.3 Å². The summed E-state index contributed by atoms with van der Waals surface area (Å²) in [4.78, 5) is 6.70. The Morgan fingerprint density at radius 2 is 2.29 bits per heavy atom. The molecule has 2 heterocycles. The van der Waals surface area contributed by atoms with Crippen molar-refractivity contribution in [2.45, 2.75) is 44.8 Å². The highest BCUT2D eigenvalue weighted by molar-refractivity contribution is 5.23. The van der Waals surface area contributed by atoms with Crippen molar-refractivity contribution in [3.63, 3.8) is 0 Å². The van der Waals surface area contributed by atoms with E-state index in [0.29, 0.717) is 11.8 Å². The third-order valence-corrected chi connectivity index (χ3v) is 5.42. The number of methoxy groups -OCH3 is 1. The molecule has 0 aromatic carbocycles. The van der Waals surface area contributed by atoms with Crippen LogP contribution in [0.4, 0.5) is 0 Å². The van der Waals surface area contributed by atoms with E-state index >= 15 is 0 Å². The average molecular weight is 290 g/mol. The Balaban J connectivity index is 1.68. The third kappa shape index (κ3) is 2.92. The van der Waals surface area contributed by atoms with Crippen molar-refractivity contribution in [2.24, 2.45) is 11.8 Å². The molecule has 0 unspecified atom stereocenters. The van der Waals surface area contributed by atoms with Crippen LogP contribution in [0, 0.1) is 11.8 Å². The smallest absolute Gasteiger partial charge is 0.137 e. The van der Waals surface area contributed by atoms with Crippen LogP contribution in [0.2, 0.25) is 0 Å². The normalized spacial score (nSPS) is 32.9. The van der Waals surface area contributed by atoms with Crippen LogP contribution in [-0.2, 0) is 6.54 Å². The van der Waals surface area contributed by atoms with Crippen molar-refractivity contribution in [1.82, 2.24) is 9.88 Å². The van der Waals surface area contributed by atoms with Gasteiger partial charge in [-0.3, -0.25) is 9.88 Å². The van der Waals surface area contributed by atoms with E-state index in [1.807, 2.05) is 6.20 Å². The molecule has 1 N–H and O–H groups in total. The van der Waals surface area contributed by atoms with Gasteiger partial charge in [0, 0.05) is 31.7 Å². The van der Waals surface area contributed by atoms with Gasteiger partial charge in [0.05, 0.1) is 18.9 Å². The lowest BCUT2D eigenvalue weighted by Gasteiger charge is -2.40. The maximum atomic E-state index is 10.9. The van der Waals surface area contributed by atoms with E-state index in [-0.39, 0.29) is 0 Å². The Kier molecular flexibility index (Phi) is 4.18. The topological polar surface area (TPSA) is 45.6 Å². The molecule has 2 aliphatic rings. The van der Waals surface area contributed by atoms with E-state index in [4.69, 9.17) is 4.74 Å². The van der Waals surface area contributed by atoms with Crippen molar-refractivity contribution in [3.05, 3.63) is 24.0 Å². The molecule has 1 saturated carbocycles. The largest absolute Gasteiger partial charge is 0.495 e. The van der Waals surface area contributed by atoms with Crippen LogP contribution in [0.25, 0.3) is 0 Å². The molecule has 0 bridgehead atoms. The molecule has 4 nitrogen and oxygen atoms in total. The minimum atomic E-state index is -0.440. The van der Waals surface area contributed by atoms with Gasteiger partial charge in [0.15, 0.2) is 0 Å². The minimum absolute atomic E-state index is 0.440. The predicted molar refractivity (Wildman–Crippen MR) is 82.1 cm³/mol. The number of likely N-dealkylation sites (tertiary alicyclic amines) is 1. The molecule has 116 valence electrons. The van der Waals surface area contributed by atoms with Crippen molar-refractivity contribution in [2.75, 3.05) is 20.2 Å². The first kappa shape index (κ1) is 14.8. The molecule has 1 aromatic rings. The maximum absolute atomic E-state index is 10.9. The summed E-state index contributed by atoms with van der Waals surface area (Å²) in [7, 11) is 1.67. The van der Waals surface area contributed by atoms with Gasteiger partial charge in [-0.05, 0) is 36.8 Å². The number of hydrogen-bond donors (Lipinski definition) is 1. The first-order chi connectivity index (χ1) is 10.1. The number of pyridine rings is 1. The predicted octanol–water partition coefficient (Wildman–Crippen LogP) is 2.46. The highest BCUT2D eigenvalue weighted by Gasteiger charge is 2.47. The van der Waals surface area contributed by atoms with Gasteiger partial charge in [-0.15, -0.1) is 0 Å². The highest BCUT2D eigenvalue weighted by atomic mass is 16.5. The third-order valence-electron chi connectivity index (χ3n) is 5.42. The summed E-state index contributed by atoms with van der Waals surface area (Å²) in [5.41, 5.74) is 0.748. The lowest BCUT2D eigenvalue weighted by atomic mass is 9.69. The minimum Gasteiger partial charge on any atom is -0.495 e. The zero-order chi connectivity index (χ0) is 14.9. The molecular formula is C17H26N2O2. The second-order valence-electron chi connectivity index (χ2n) is 6.64. The number of rotatable bonds is 4. The number of aromatic nitrogens is 1. The Labute approximate surface area is 127 Å². The Hall–Kier alpha value is -1.13. The van der Waals surface area contributed by atoms with E-state index in [2.05, 4.69) is 22.9 Å². The first-order valence-corrected chi connectivity index (χ1v) is 8.07. The molecule has 3 rings (SSSR count). The van der Waals surface area contributed by atoms with Gasteiger partial charge in [0.2, 0.25) is 0 Å². The number of aliphatic hydroxyl groups is 1. The molecule has 0 spiro atoms. The second-order valence-corrected chi connectivity index (χ2v) is 6.64. The summed E-state index contributed by atoms with van der Waals surface area (Å²) in [5.74, 6) is 1.91. The maximum Gasteiger partial charge on any atom is 0.137 e. The second kappa shape index (κ2) is 5.93. The fourth-order valence-electron chi connectivity index (χ4n) is 4.21. The summed E-state index contributed by atoms with van der Waals surface area (Å²) in [6, 6.07) is 2.06. The molecule has 1 aliphatic carbocycles. The molecule has 0 amide bonds. The van der Waals surface area contributed by atoms with Gasteiger partial charge in [-0.25, -0.2) is 0 Å². The molecule has 1 aromatic heterocycles. The van der Waals surface area contributed by atoms with Crippen LogP contribution in [0.15, 0.2) is 18.5 Å². The van der Waals surface area contributed by atoms with Crippen LogP contribution >= 0.6 is 0 Å². The van der Waals surface area contributed by atoms with Crippen molar-refractivity contribution >= 4 is 0 Å². The van der Waals surface area contributed by atoms with E-state index in [9.17, 15) is 5.11 Å². The van der Waals surface area contributed by atoms with Gasteiger partial charge < -0.3 is 9.84 Å². The first-order valence-electron chi connectivity index (χ1n) is 8.07. The molecule has 4 heteroatoms. The molecular weight excluding hydrogens is 264 g/mol. The standard InChI is InChI=1S/C17H26N2O2/c1-3-17(20)6-4-5-14-11-19(12-16(14)17)10-13-7-15(21-2)9-18-8-13/h7-9,14,16,20H,3-6,10-12H2,1-2H3/t14-,16+,17-/m0/s1. The van der Waals surface area contributed by atoms with Gasteiger partial charge in [0.25, 0.3) is 0 Å². The Morgan fingerprint density at radius 1 is 1.43 bits per heavy atom. The number of hydrogen-bond acceptors (Lipinski definition) is 4. The summed E-state index contributed by atoms with van der Waals surface area (Å²) in [5, 5.41) is 10.9. The molecule has 1 aliphatic heterocycles. The van der Waals surface area contributed by atoms with E-state index in [1.54, 1.807) is 13.3 Å². The molecule has 2 fully saturated rings. The van der Waals surface area contributed by atoms with E-state index < -0.39 is 5.60 Å². The van der Waals surface area contributed by atoms with Gasteiger partial charge >= 0.3 is 0 Å². The molecule has 3 atom stereocenters. The van der Waals surface area contributed by atoms with Crippen LogP contribution in [0.5, 0.6) is 5.75 Å². The zero-order valence-corrected chi connectivity index (χ0v) is 13.1. The molecule has 21 heavy (non-hydrogen) atoms. The van der Waals surface area contributed by atoms with Crippen molar-refractivity contribution in [1.29, 1.82) is 0 Å².